The molecule has 0 aliphatic carbocycles. The molecule has 0 aliphatic heterocycles. The Labute approximate surface area is 90.5 Å². The summed E-state index contributed by atoms with van der Waals surface area (Å²) < 4.78 is 39.8. The van der Waals surface area contributed by atoms with Crippen LogP contribution in [0.4, 0.5) is 13.2 Å². The molecule has 0 aromatic rings. The van der Waals surface area contributed by atoms with E-state index in [1.165, 1.54) is 0 Å². The number of alkyl halides is 3. The van der Waals surface area contributed by atoms with E-state index < -0.39 is 24.6 Å². The highest BCUT2D eigenvalue weighted by Gasteiger charge is 2.26. The van der Waals surface area contributed by atoms with Crippen LogP contribution in [0.1, 0.15) is 13.3 Å². The second-order valence-corrected chi connectivity index (χ2v) is 3.95. The normalized spacial score (nSPS) is 13.7. The van der Waals surface area contributed by atoms with Crippen molar-refractivity contribution in [3.8, 4) is 0 Å². The number of rotatable bonds is 6. The van der Waals surface area contributed by atoms with E-state index in [0.717, 1.165) is 11.8 Å². The zero-order chi connectivity index (χ0) is 11.9. The molecule has 0 heterocycles. The number of thioether (sulfide) groups is 1. The van der Waals surface area contributed by atoms with Crippen LogP contribution in [0.15, 0.2) is 0 Å². The molecule has 0 aromatic heterocycles. The maximum atomic E-state index is 11.7. The SMILES string of the molecule is CCOC(=O)C(N)CSCCC(F)(F)F. The lowest BCUT2D eigenvalue weighted by atomic mass is 10.4. The van der Waals surface area contributed by atoms with Crippen molar-refractivity contribution in [2.24, 2.45) is 5.73 Å². The van der Waals surface area contributed by atoms with Gasteiger partial charge >= 0.3 is 12.1 Å². The molecule has 0 aliphatic rings. The van der Waals surface area contributed by atoms with Gasteiger partial charge in [-0.3, -0.25) is 4.79 Å². The van der Waals surface area contributed by atoms with Gasteiger partial charge in [0.1, 0.15) is 6.04 Å². The number of hydrogen-bond acceptors (Lipinski definition) is 4. The Bertz CT molecular complexity index is 199. The number of hydrogen-bond donors (Lipinski definition) is 1. The van der Waals surface area contributed by atoms with E-state index >= 15 is 0 Å². The summed E-state index contributed by atoms with van der Waals surface area (Å²) in [5.41, 5.74) is 5.38. The smallest absolute Gasteiger partial charge is 0.389 e. The van der Waals surface area contributed by atoms with Crippen molar-refractivity contribution in [1.29, 1.82) is 0 Å². The Morgan fingerprint density at radius 1 is 1.53 bits per heavy atom. The molecule has 1 atom stereocenters. The summed E-state index contributed by atoms with van der Waals surface area (Å²) in [7, 11) is 0. The van der Waals surface area contributed by atoms with Crippen molar-refractivity contribution in [1.82, 2.24) is 0 Å². The number of ether oxygens (including phenoxy) is 1. The van der Waals surface area contributed by atoms with Crippen LogP contribution in [0.5, 0.6) is 0 Å². The molecule has 2 N–H and O–H groups in total. The Balaban J connectivity index is 3.55. The molecule has 0 fully saturated rings. The average Bonchev–Trinajstić information content (AvgIpc) is 2.11. The quantitative estimate of drug-likeness (QED) is 0.570. The van der Waals surface area contributed by atoms with Crippen molar-refractivity contribution in [3.05, 3.63) is 0 Å². The summed E-state index contributed by atoms with van der Waals surface area (Å²) >= 11 is 0.997. The first-order chi connectivity index (χ1) is 6.87. The molecule has 0 bridgehead atoms. The molecular weight excluding hydrogens is 231 g/mol. The van der Waals surface area contributed by atoms with Crippen molar-refractivity contribution < 1.29 is 22.7 Å². The van der Waals surface area contributed by atoms with E-state index in [9.17, 15) is 18.0 Å². The maximum Gasteiger partial charge on any atom is 0.389 e. The first kappa shape index (κ1) is 14.6. The van der Waals surface area contributed by atoms with Gasteiger partial charge in [-0.2, -0.15) is 24.9 Å². The molecule has 0 rings (SSSR count). The predicted octanol–water partition coefficient (Wildman–Crippen LogP) is 1.56. The summed E-state index contributed by atoms with van der Waals surface area (Å²) in [6.45, 7) is 1.86. The highest BCUT2D eigenvalue weighted by Crippen LogP contribution is 2.22. The van der Waals surface area contributed by atoms with E-state index in [2.05, 4.69) is 4.74 Å². The van der Waals surface area contributed by atoms with Gasteiger partial charge in [0, 0.05) is 11.5 Å². The monoisotopic (exact) mass is 245 g/mol. The second-order valence-electron chi connectivity index (χ2n) is 2.80. The Morgan fingerprint density at radius 2 is 2.13 bits per heavy atom. The van der Waals surface area contributed by atoms with E-state index in [-0.39, 0.29) is 18.1 Å². The van der Waals surface area contributed by atoms with E-state index in [1.807, 2.05) is 0 Å². The van der Waals surface area contributed by atoms with Gasteiger partial charge in [-0.1, -0.05) is 0 Å². The van der Waals surface area contributed by atoms with Crippen molar-refractivity contribution in [3.63, 3.8) is 0 Å². The van der Waals surface area contributed by atoms with Crippen LogP contribution in [0, 0.1) is 0 Å². The zero-order valence-electron chi connectivity index (χ0n) is 8.34. The zero-order valence-corrected chi connectivity index (χ0v) is 9.16. The number of carbonyl (C=O) groups excluding carboxylic acids is 1. The average molecular weight is 245 g/mol. The topological polar surface area (TPSA) is 52.3 Å². The van der Waals surface area contributed by atoms with Gasteiger partial charge in [0.2, 0.25) is 0 Å². The van der Waals surface area contributed by atoms with E-state index in [4.69, 9.17) is 5.73 Å². The molecule has 0 aromatic carbocycles. The summed E-state index contributed by atoms with van der Waals surface area (Å²) in [5, 5.41) is 0. The molecule has 1 unspecified atom stereocenters. The van der Waals surface area contributed by atoms with Gasteiger partial charge in [-0.05, 0) is 6.92 Å². The standard InChI is InChI=1S/C8H14F3NO2S/c1-2-14-7(13)6(12)5-15-4-3-8(9,10)11/h6H,2-5,12H2,1H3. The van der Waals surface area contributed by atoms with Crippen LogP contribution in [0.25, 0.3) is 0 Å². The summed E-state index contributed by atoms with van der Waals surface area (Å²) in [5.74, 6) is -0.511. The fourth-order valence-corrected chi connectivity index (χ4v) is 1.65. The highest BCUT2D eigenvalue weighted by molar-refractivity contribution is 7.99. The van der Waals surface area contributed by atoms with Crippen molar-refractivity contribution in [2.45, 2.75) is 25.6 Å². The number of esters is 1. The minimum atomic E-state index is -4.15. The molecule has 0 saturated carbocycles. The fraction of sp³-hybridized carbons (Fsp3) is 0.875. The number of carbonyl (C=O) groups is 1. The van der Waals surface area contributed by atoms with Gasteiger partial charge in [0.05, 0.1) is 13.0 Å². The molecule has 3 nitrogen and oxygen atoms in total. The van der Waals surface area contributed by atoms with Gasteiger partial charge in [0.15, 0.2) is 0 Å². The minimum absolute atomic E-state index is 0.0867. The predicted molar refractivity (Wildman–Crippen MR) is 52.6 cm³/mol. The first-order valence-corrected chi connectivity index (χ1v) is 5.59. The number of halogens is 3. The van der Waals surface area contributed by atoms with Crippen molar-refractivity contribution in [2.75, 3.05) is 18.1 Å². The maximum absolute atomic E-state index is 11.7. The van der Waals surface area contributed by atoms with Gasteiger partial charge < -0.3 is 10.5 Å². The van der Waals surface area contributed by atoms with Crippen LogP contribution < -0.4 is 5.73 Å². The van der Waals surface area contributed by atoms with Crippen LogP contribution in [-0.4, -0.2) is 36.3 Å². The first-order valence-electron chi connectivity index (χ1n) is 4.43. The number of nitrogens with two attached hydrogens (primary N) is 1. The molecule has 90 valence electrons. The van der Waals surface area contributed by atoms with Gasteiger partial charge in [0.25, 0.3) is 0 Å². The van der Waals surface area contributed by atoms with Gasteiger partial charge in [-0.25, -0.2) is 0 Å². The van der Waals surface area contributed by atoms with Crippen LogP contribution in [-0.2, 0) is 9.53 Å². The molecular formula is C8H14F3NO2S. The molecule has 0 amide bonds. The molecule has 0 spiro atoms. The van der Waals surface area contributed by atoms with E-state index in [1.54, 1.807) is 6.92 Å². The third-order valence-corrected chi connectivity index (χ3v) is 2.50. The summed E-state index contributed by atoms with van der Waals surface area (Å²) in [6, 6.07) is -0.844. The van der Waals surface area contributed by atoms with Crippen molar-refractivity contribution >= 4 is 17.7 Å². The Kier molecular flexibility index (Phi) is 6.75. The lowest BCUT2D eigenvalue weighted by Gasteiger charge is -2.10. The van der Waals surface area contributed by atoms with E-state index in [0.29, 0.717) is 0 Å². The Morgan fingerprint density at radius 3 is 2.60 bits per heavy atom. The van der Waals surface area contributed by atoms with Crippen LogP contribution in [0.2, 0.25) is 0 Å². The third-order valence-electron chi connectivity index (χ3n) is 1.42. The third kappa shape index (κ3) is 8.56. The molecule has 0 saturated heterocycles. The Hall–Kier alpha value is -0.430. The largest absolute Gasteiger partial charge is 0.465 e. The molecule has 15 heavy (non-hydrogen) atoms. The van der Waals surface area contributed by atoms with Gasteiger partial charge in [-0.15, -0.1) is 0 Å². The molecule has 0 radical (unpaired) electrons. The lowest BCUT2D eigenvalue weighted by Crippen LogP contribution is -2.34. The van der Waals surface area contributed by atoms with Crippen LogP contribution in [0.3, 0.4) is 0 Å². The fourth-order valence-electron chi connectivity index (χ4n) is 0.716. The lowest BCUT2D eigenvalue weighted by molar-refractivity contribution is -0.144. The highest BCUT2D eigenvalue weighted by atomic mass is 32.2. The minimum Gasteiger partial charge on any atom is -0.465 e. The molecule has 7 heteroatoms. The second kappa shape index (κ2) is 6.95. The van der Waals surface area contributed by atoms with Crippen LogP contribution >= 0.6 is 11.8 Å². The summed E-state index contributed by atoms with van der Waals surface area (Å²) in [6.07, 6.45) is -5.02. The summed E-state index contributed by atoms with van der Waals surface area (Å²) in [4.78, 5) is 11.0.